The van der Waals surface area contributed by atoms with E-state index in [1.807, 2.05) is 4.90 Å². The fourth-order valence-electron chi connectivity index (χ4n) is 5.31. The highest BCUT2D eigenvalue weighted by Gasteiger charge is 2.36. The van der Waals surface area contributed by atoms with E-state index in [-0.39, 0.29) is 11.9 Å². The van der Waals surface area contributed by atoms with Crippen molar-refractivity contribution in [1.82, 2.24) is 14.9 Å². The third kappa shape index (κ3) is 4.11. The number of benzene rings is 1. The Balaban J connectivity index is 1.47. The quantitative estimate of drug-likeness (QED) is 0.751. The second-order valence-electron chi connectivity index (χ2n) is 9.17. The maximum atomic E-state index is 12.9. The molecule has 1 amide bonds. The summed E-state index contributed by atoms with van der Waals surface area (Å²) in [4.78, 5) is 27.4. The number of fused-ring (bicyclic) bond motifs is 1. The van der Waals surface area contributed by atoms with Crippen LogP contribution in [-0.2, 0) is 22.5 Å². The summed E-state index contributed by atoms with van der Waals surface area (Å²) in [6.45, 7) is 7.52. The van der Waals surface area contributed by atoms with Crippen LogP contribution in [0, 0.1) is 13.8 Å². The number of hydrogen-bond donors (Lipinski definition) is 0. The molecule has 2 aromatic rings. The van der Waals surface area contributed by atoms with E-state index < -0.39 is 0 Å². The Bertz CT molecular complexity index is 953. The van der Waals surface area contributed by atoms with Crippen molar-refractivity contribution >= 4 is 11.7 Å². The molecule has 0 saturated carbocycles. The molecule has 0 spiro atoms. The normalized spacial score (nSPS) is 22.7. The lowest BCUT2D eigenvalue weighted by molar-refractivity contribution is -0.119. The van der Waals surface area contributed by atoms with Gasteiger partial charge in [0, 0.05) is 36.9 Å². The number of carbonyl (C=O) groups excluding carboxylic acids is 1. The van der Waals surface area contributed by atoms with Crippen LogP contribution < -0.4 is 4.90 Å². The van der Waals surface area contributed by atoms with Crippen LogP contribution in [0.25, 0.3) is 0 Å². The van der Waals surface area contributed by atoms with Crippen molar-refractivity contribution in [2.75, 3.05) is 24.7 Å². The first kappa shape index (κ1) is 20.6. The van der Waals surface area contributed by atoms with Gasteiger partial charge < -0.3 is 4.74 Å². The Morgan fingerprint density at radius 2 is 1.81 bits per heavy atom. The van der Waals surface area contributed by atoms with Gasteiger partial charge in [-0.15, -0.1) is 0 Å². The maximum absolute atomic E-state index is 12.9. The van der Waals surface area contributed by atoms with Crippen LogP contribution in [0.3, 0.4) is 0 Å². The number of likely N-dealkylation sites (tertiary alicyclic amines) is 1. The number of aryl methyl sites for hydroxylation is 2. The van der Waals surface area contributed by atoms with Gasteiger partial charge in [0.2, 0.25) is 5.91 Å². The summed E-state index contributed by atoms with van der Waals surface area (Å²) < 4.78 is 5.58. The van der Waals surface area contributed by atoms with Crippen LogP contribution in [0.1, 0.15) is 66.4 Å². The lowest BCUT2D eigenvalue weighted by atomic mass is 10.0. The van der Waals surface area contributed by atoms with Crippen molar-refractivity contribution in [1.29, 1.82) is 0 Å². The number of rotatable bonds is 4. The average molecular weight is 421 g/mol. The zero-order chi connectivity index (χ0) is 21.4. The molecule has 1 aromatic carbocycles. The highest BCUT2D eigenvalue weighted by molar-refractivity contribution is 5.95. The van der Waals surface area contributed by atoms with Gasteiger partial charge in [-0.3, -0.25) is 14.6 Å². The van der Waals surface area contributed by atoms with Crippen molar-refractivity contribution < 1.29 is 9.53 Å². The lowest BCUT2D eigenvalue weighted by Crippen LogP contribution is -2.40. The summed E-state index contributed by atoms with van der Waals surface area (Å²) in [6, 6.07) is 9.21. The van der Waals surface area contributed by atoms with E-state index in [0.717, 1.165) is 73.9 Å². The third-order valence-electron chi connectivity index (χ3n) is 7.07. The Kier molecular flexibility index (Phi) is 5.76. The summed E-state index contributed by atoms with van der Waals surface area (Å²) >= 11 is 0. The molecule has 3 aliphatic rings. The topological polar surface area (TPSA) is 58.6 Å². The maximum Gasteiger partial charge on any atom is 0.228 e. The van der Waals surface area contributed by atoms with E-state index in [4.69, 9.17) is 14.7 Å². The van der Waals surface area contributed by atoms with E-state index >= 15 is 0 Å². The fourth-order valence-corrected chi connectivity index (χ4v) is 5.31. The predicted molar refractivity (Wildman–Crippen MR) is 120 cm³/mol. The van der Waals surface area contributed by atoms with E-state index in [1.165, 1.54) is 12.0 Å². The van der Waals surface area contributed by atoms with Gasteiger partial charge in [0.15, 0.2) is 0 Å². The molecule has 6 heteroatoms. The minimum Gasteiger partial charge on any atom is -0.381 e. The van der Waals surface area contributed by atoms with Gasteiger partial charge in [0.25, 0.3) is 0 Å². The summed E-state index contributed by atoms with van der Waals surface area (Å²) in [6.07, 6.45) is 5.69. The average Bonchev–Trinajstić information content (AvgIpc) is 3.28. The van der Waals surface area contributed by atoms with Crippen LogP contribution in [0.15, 0.2) is 24.3 Å². The Hall–Kier alpha value is -2.31. The minimum atomic E-state index is 0.157. The van der Waals surface area contributed by atoms with Crippen molar-refractivity contribution in [2.24, 2.45) is 0 Å². The van der Waals surface area contributed by atoms with Gasteiger partial charge in [-0.25, -0.2) is 9.97 Å². The smallest absolute Gasteiger partial charge is 0.228 e. The van der Waals surface area contributed by atoms with Gasteiger partial charge >= 0.3 is 0 Å². The molecular weight excluding hydrogens is 388 g/mol. The van der Waals surface area contributed by atoms with Crippen LogP contribution in [0.2, 0.25) is 0 Å². The zero-order valence-electron chi connectivity index (χ0n) is 18.6. The number of ether oxygens (including phenoxy) is 1. The Labute approximate surface area is 184 Å². The molecule has 4 heterocycles. The molecule has 31 heavy (non-hydrogen) atoms. The van der Waals surface area contributed by atoms with Crippen molar-refractivity contribution in [2.45, 2.75) is 71.0 Å². The predicted octanol–water partition coefficient (Wildman–Crippen LogP) is 3.89. The highest BCUT2D eigenvalue weighted by Crippen LogP contribution is 2.37. The number of amides is 1. The lowest BCUT2D eigenvalue weighted by Gasteiger charge is -2.36. The molecule has 1 atom stereocenters. The van der Waals surface area contributed by atoms with Gasteiger partial charge in [-0.05, 0) is 58.1 Å². The van der Waals surface area contributed by atoms with E-state index in [1.54, 1.807) is 0 Å². The Morgan fingerprint density at radius 1 is 1.03 bits per heavy atom. The second kappa shape index (κ2) is 8.67. The van der Waals surface area contributed by atoms with Gasteiger partial charge in [-0.2, -0.15) is 0 Å². The van der Waals surface area contributed by atoms with Crippen molar-refractivity contribution in [3.63, 3.8) is 0 Å². The third-order valence-corrected chi connectivity index (χ3v) is 7.07. The number of aromatic nitrogens is 2. The van der Waals surface area contributed by atoms with Crippen LogP contribution >= 0.6 is 0 Å². The highest BCUT2D eigenvalue weighted by atomic mass is 16.5. The summed E-state index contributed by atoms with van der Waals surface area (Å²) in [5.74, 6) is 1.88. The zero-order valence-corrected chi connectivity index (χ0v) is 18.6. The van der Waals surface area contributed by atoms with E-state index in [2.05, 4.69) is 43.0 Å². The van der Waals surface area contributed by atoms with Gasteiger partial charge in [0.05, 0.1) is 12.6 Å². The molecule has 5 rings (SSSR count). The van der Waals surface area contributed by atoms with Gasteiger partial charge in [0.1, 0.15) is 11.6 Å². The van der Waals surface area contributed by atoms with Crippen LogP contribution in [0.5, 0.6) is 0 Å². The molecule has 0 N–H and O–H groups in total. The molecule has 0 aliphatic carbocycles. The van der Waals surface area contributed by atoms with Crippen molar-refractivity contribution in [3.05, 3.63) is 52.5 Å². The minimum absolute atomic E-state index is 0.157. The molecule has 6 nitrogen and oxygen atoms in total. The molecule has 1 aromatic heterocycles. The molecule has 0 radical (unpaired) electrons. The summed E-state index contributed by atoms with van der Waals surface area (Å²) in [5.41, 5.74) is 4.52. The fraction of sp³-hybridized carbons (Fsp3) is 0.560. The molecule has 3 aliphatic heterocycles. The number of nitrogens with zero attached hydrogens (tertiary/aromatic N) is 4. The first-order chi connectivity index (χ1) is 15.1. The van der Waals surface area contributed by atoms with Gasteiger partial charge in [-0.1, -0.05) is 29.8 Å². The standard InChI is InChI=1S/C25H32N4O2/c1-17-5-7-19(8-6-17)16-29-23(30)10-9-21-18(2)26-24(27-25(21)29)22-4-3-13-28(22)20-11-14-31-15-12-20/h5-8,20,22H,3-4,9-16H2,1-2H3/t22-/m1/s1. The van der Waals surface area contributed by atoms with Crippen LogP contribution in [0.4, 0.5) is 5.82 Å². The van der Waals surface area contributed by atoms with E-state index in [0.29, 0.717) is 19.0 Å². The summed E-state index contributed by atoms with van der Waals surface area (Å²) in [7, 11) is 0. The molecule has 2 fully saturated rings. The Morgan fingerprint density at radius 3 is 2.58 bits per heavy atom. The number of carbonyl (C=O) groups is 1. The monoisotopic (exact) mass is 420 g/mol. The summed E-state index contributed by atoms with van der Waals surface area (Å²) in [5, 5.41) is 0. The SMILES string of the molecule is Cc1ccc(CN2C(=O)CCc3c(C)nc([C@H]4CCCN4C4CCOCC4)nc32)cc1. The second-order valence-corrected chi connectivity index (χ2v) is 9.17. The molecule has 164 valence electrons. The largest absolute Gasteiger partial charge is 0.381 e. The van der Waals surface area contributed by atoms with Crippen LogP contribution in [-0.4, -0.2) is 46.6 Å². The van der Waals surface area contributed by atoms with E-state index in [9.17, 15) is 4.79 Å². The molecule has 0 bridgehead atoms. The number of hydrogen-bond acceptors (Lipinski definition) is 5. The first-order valence-corrected chi connectivity index (χ1v) is 11.7. The van der Waals surface area contributed by atoms with Crippen molar-refractivity contribution in [3.8, 4) is 0 Å². The number of anilines is 1. The molecule has 0 unspecified atom stereocenters. The molecular formula is C25H32N4O2. The molecule has 2 saturated heterocycles. The first-order valence-electron chi connectivity index (χ1n) is 11.7.